The minimum absolute atomic E-state index is 0.331. The van der Waals surface area contributed by atoms with E-state index < -0.39 is 6.10 Å². The zero-order valence-corrected chi connectivity index (χ0v) is 14.0. The Labute approximate surface area is 139 Å². The smallest absolute Gasteiger partial charge is 0.280 e. The maximum absolute atomic E-state index is 12.0. The molecule has 1 amide bonds. The van der Waals surface area contributed by atoms with Crippen molar-refractivity contribution in [3.05, 3.63) is 51.7 Å². The molecule has 0 saturated heterocycles. The van der Waals surface area contributed by atoms with Gasteiger partial charge in [0.25, 0.3) is 5.91 Å². The van der Waals surface area contributed by atoms with E-state index in [0.29, 0.717) is 11.3 Å². The van der Waals surface area contributed by atoms with Crippen molar-refractivity contribution in [2.45, 2.75) is 26.9 Å². The van der Waals surface area contributed by atoms with Crippen molar-refractivity contribution in [1.82, 2.24) is 5.43 Å². The number of benzene rings is 1. The molecular formula is C17H17N3O2S. The van der Waals surface area contributed by atoms with Crippen LogP contribution in [0.4, 0.5) is 0 Å². The number of hydrogen-bond acceptors (Lipinski definition) is 5. The monoisotopic (exact) mass is 327 g/mol. The number of hydrazone groups is 1. The summed E-state index contributed by atoms with van der Waals surface area (Å²) in [6.07, 6.45) is -0.690. The molecule has 0 unspecified atom stereocenters. The summed E-state index contributed by atoms with van der Waals surface area (Å²) in [5, 5.41) is 12.8. The van der Waals surface area contributed by atoms with Gasteiger partial charge in [0.05, 0.1) is 22.2 Å². The lowest BCUT2D eigenvalue weighted by atomic mass is 10.2. The second-order valence-corrected chi connectivity index (χ2v) is 6.27. The topological polar surface area (TPSA) is 74.5 Å². The van der Waals surface area contributed by atoms with Crippen LogP contribution in [-0.4, -0.2) is 17.7 Å². The van der Waals surface area contributed by atoms with Gasteiger partial charge in [0.15, 0.2) is 6.10 Å². The van der Waals surface area contributed by atoms with Crippen LogP contribution in [0.2, 0.25) is 0 Å². The van der Waals surface area contributed by atoms with Crippen molar-refractivity contribution < 1.29 is 9.53 Å². The molecule has 23 heavy (non-hydrogen) atoms. The van der Waals surface area contributed by atoms with Crippen LogP contribution in [0, 0.1) is 18.3 Å². The van der Waals surface area contributed by atoms with Crippen molar-refractivity contribution >= 4 is 23.0 Å². The molecule has 0 bridgehead atoms. The molecule has 0 spiro atoms. The van der Waals surface area contributed by atoms with Crippen LogP contribution < -0.4 is 10.2 Å². The molecule has 0 aliphatic carbocycles. The first kappa shape index (κ1) is 16.7. The van der Waals surface area contributed by atoms with Crippen LogP contribution in [0.3, 0.4) is 0 Å². The highest BCUT2D eigenvalue weighted by molar-refractivity contribution is 7.14. The SMILES string of the molecule is C/C(=N/NC(=O)[C@@H](C)Oc1ccc(C#N)cc1)c1ccc(C)s1. The van der Waals surface area contributed by atoms with Gasteiger partial charge < -0.3 is 4.74 Å². The molecule has 5 nitrogen and oxygen atoms in total. The molecule has 1 aromatic heterocycles. The predicted molar refractivity (Wildman–Crippen MR) is 90.7 cm³/mol. The Morgan fingerprint density at radius 3 is 2.57 bits per heavy atom. The lowest BCUT2D eigenvalue weighted by Gasteiger charge is -2.13. The molecule has 0 aliphatic heterocycles. The van der Waals surface area contributed by atoms with Crippen LogP contribution in [0.5, 0.6) is 5.75 Å². The van der Waals surface area contributed by atoms with Crippen molar-refractivity contribution in [3.8, 4) is 11.8 Å². The van der Waals surface area contributed by atoms with Crippen LogP contribution in [0.25, 0.3) is 0 Å². The number of amides is 1. The van der Waals surface area contributed by atoms with Gasteiger partial charge >= 0.3 is 0 Å². The summed E-state index contributed by atoms with van der Waals surface area (Å²) in [5.74, 6) is 0.197. The molecular weight excluding hydrogens is 310 g/mol. The lowest BCUT2D eigenvalue weighted by molar-refractivity contribution is -0.127. The van der Waals surface area contributed by atoms with Gasteiger partial charge in [-0.25, -0.2) is 5.43 Å². The molecule has 118 valence electrons. The van der Waals surface area contributed by atoms with Gasteiger partial charge in [0.2, 0.25) is 0 Å². The van der Waals surface area contributed by atoms with E-state index in [1.54, 1.807) is 42.5 Å². The fourth-order valence-corrected chi connectivity index (χ4v) is 2.59. The van der Waals surface area contributed by atoms with Crippen LogP contribution >= 0.6 is 11.3 Å². The number of nitrogens with zero attached hydrogens (tertiary/aromatic N) is 2. The summed E-state index contributed by atoms with van der Waals surface area (Å²) in [7, 11) is 0. The van der Waals surface area contributed by atoms with Gasteiger partial charge in [-0.3, -0.25) is 4.79 Å². The summed E-state index contributed by atoms with van der Waals surface area (Å²) in [6, 6.07) is 12.6. The Hall–Kier alpha value is -2.65. The van der Waals surface area contributed by atoms with Gasteiger partial charge in [0, 0.05) is 4.88 Å². The largest absolute Gasteiger partial charge is 0.481 e. The van der Waals surface area contributed by atoms with Crippen molar-refractivity contribution in [1.29, 1.82) is 5.26 Å². The quantitative estimate of drug-likeness (QED) is 0.677. The molecule has 1 atom stereocenters. The summed E-state index contributed by atoms with van der Waals surface area (Å²) in [5.41, 5.74) is 3.81. The number of ether oxygens (including phenoxy) is 1. The zero-order valence-electron chi connectivity index (χ0n) is 13.2. The molecule has 2 aromatic rings. The average molecular weight is 327 g/mol. The first-order valence-corrected chi connectivity index (χ1v) is 7.89. The summed E-state index contributed by atoms with van der Waals surface area (Å²) in [6.45, 7) is 5.51. The second-order valence-electron chi connectivity index (χ2n) is 4.98. The van der Waals surface area contributed by atoms with Gasteiger partial charge in [-0.1, -0.05) is 0 Å². The van der Waals surface area contributed by atoms with Gasteiger partial charge in [-0.2, -0.15) is 10.4 Å². The standard InChI is InChI=1S/C17H17N3O2S/c1-11-4-9-16(23-11)12(2)19-20-17(21)13(3)22-15-7-5-14(10-18)6-8-15/h4-9,13H,1-3H3,(H,20,21)/b19-12-/t13-/m1/s1. The van der Waals surface area contributed by atoms with Crippen LogP contribution in [0.1, 0.15) is 29.2 Å². The number of rotatable bonds is 5. The molecule has 0 fully saturated rings. The summed E-state index contributed by atoms with van der Waals surface area (Å²) >= 11 is 1.62. The van der Waals surface area contributed by atoms with Gasteiger partial charge in [-0.15, -0.1) is 11.3 Å². The van der Waals surface area contributed by atoms with Gasteiger partial charge in [-0.05, 0) is 57.2 Å². The molecule has 2 rings (SSSR count). The molecule has 0 aliphatic rings. The molecule has 1 N–H and O–H groups in total. The van der Waals surface area contributed by atoms with Gasteiger partial charge in [0.1, 0.15) is 5.75 Å². The van der Waals surface area contributed by atoms with Crippen molar-refractivity contribution in [2.75, 3.05) is 0 Å². The minimum Gasteiger partial charge on any atom is -0.481 e. The van der Waals surface area contributed by atoms with Crippen molar-refractivity contribution in [2.24, 2.45) is 5.10 Å². The van der Waals surface area contributed by atoms with E-state index in [1.807, 2.05) is 32.0 Å². The number of nitrogens with one attached hydrogen (secondary N) is 1. The highest BCUT2D eigenvalue weighted by atomic mass is 32.1. The summed E-state index contributed by atoms with van der Waals surface area (Å²) in [4.78, 5) is 14.2. The molecule has 0 saturated carbocycles. The number of thiophene rings is 1. The number of hydrogen-bond donors (Lipinski definition) is 1. The van der Waals surface area contributed by atoms with Crippen molar-refractivity contribution in [3.63, 3.8) is 0 Å². The van der Waals surface area contributed by atoms with E-state index in [9.17, 15) is 4.79 Å². The second kappa shape index (κ2) is 7.56. The first-order valence-electron chi connectivity index (χ1n) is 7.07. The number of nitriles is 1. The third-order valence-electron chi connectivity index (χ3n) is 3.10. The third kappa shape index (κ3) is 4.66. The van der Waals surface area contributed by atoms with Crippen LogP contribution in [-0.2, 0) is 4.79 Å². The Kier molecular flexibility index (Phi) is 5.50. The predicted octanol–water partition coefficient (Wildman–Crippen LogP) is 3.24. The molecule has 6 heteroatoms. The number of carbonyl (C=O) groups is 1. The Morgan fingerprint density at radius 2 is 2.00 bits per heavy atom. The summed E-state index contributed by atoms with van der Waals surface area (Å²) < 4.78 is 5.53. The Bertz CT molecular complexity index is 757. The molecule has 0 radical (unpaired) electrons. The first-order chi connectivity index (χ1) is 11.0. The van der Waals surface area contributed by atoms with E-state index in [4.69, 9.17) is 10.00 Å². The van der Waals surface area contributed by atoms with E-state index in [1.165, 1.54) is 4.88 Å². The average Bonchev–Trinajstić information content (AvgIpc) is 2.99. The maximum Gasteiger partial charge on any atom is 0.280 e. The van der Waals surface area contributed by atoms with E-state index in [0.717, 1.165) is 10.6 Å². The zero-order chi connectivity index (χ0) is 16.8. The fourth-order valence-electron chi connectivity index (χ4n) is 1.78. The highest BCUT2D eigenvalue weighted by Crippen LogP contribution is 2.16. The number of aryl methyl sites for hydroxylation is 1. The van der Waals surface area contributed by atoms with E-state index in [2.05, 4.69) is 10.5 Å². The minimum atomic E-state index is -0.690. The molecule has 1 heterocycles. The highest BCUT2D eigenvalue weighted by Gasteiger charge is 2.14. The Balaban J connectivity index is 1.93. The van der Waals surface area contributed by atoms with E-state index in [-0.39, 0.29) is 5.91 Å². The normalized spacial score (nSPS) is 12.3. The maximum atomic E-state index is 12.0. The third-order valence-corrected chi connectivity index (χ3v) is 4.21. The number of carbonyl (C=O) groups excluding carboxylic acids is 1. The Morgan fingerprint density at radius 1 is 1.30 bits per heavy atom. The lowest BCUT2D eigenvalue weighted by Crippen LogP contribution is -2.33. The van der Waals surface area contributed by atoms with Crippen LogP contribution in [0.15, 0.2) is 41.5 Å². The fraction of sp³-hybridized carbons (Fsp3) is 0.235. The van der Waals surface area contributed by atoms with E-state index >= 15 is 0 Å². The molecule has 1 aromatic carbocycles.